The topological polar surface area (TPSA) is 69.2 Å². The molecule has 0 aliphatic carbocycles. The summed E-state index contributed by atoms with van der Waals surface area (Å²) in [7, 11) is 0. The van der Waals surface area contributed by atoms with Gasteiger partial charge in [0.15, 0.2) is 0 Å². The number of likely N-dealkylation sites (tertiary alicyclic amines) is 1. The predicted molar refractivity (Wildman–Crippen MR) is 86.9 cm³/mol. The minimum atomic E-state index is -0.620. The zero-order valence-electron chi connectivity index (χ0n) is 12.8. The number of hydrogen-bond donors (Lipinski definition) is 2. The van der Waals surface area contributed by atoms with Crippen molar-refractivity contribution in [2.45, 2.75) is 18.6 Å². The van der Waals surface area contributed by atoms with Gasteiger partial charge in [0.1, 0.15) is 5.82 Å². The number of amides is 1. The zero-order valence-corrected chi connectivity index (χ0v) is 12.8. The van der Waals surface area contributed by atoms with Crippen molar-refractivity contribution in [3.8, 4) is 0 Å². The summed E-state index contributed by atoms with van der Waals surface area (Å²) < 4.78 is 13.6. The van der Waals surface area contributed by atoms with E-state index in [9.17, 15) is 14.3 Å². The van der Waals surface area contributed by atoms with Crippen LogP contribution >= 0.6 is 0 Å². The lowest BCUT2D eigenvalue weighted by Gasteiger charge is -2.25. The number of aromatic amines is 1. The Bertz CT molecular complexity index is 908. The highest BCUT2D eigenvalue weighted by Gasteiger charge is 2.36. The van der Waals surface area contributed by atoms with E-state index in [1.807, 2.05) is 6.07 Å². The molecule has 6 heteroatoms. The first-order valence-corrected chi connectivity index (χ1v) is 7.80. The van der Waals surface area contributed by atoms with Crippen molar-refractivity contribution < 1.29 is 14.3 Å². The molecule has 1 aromatic heterocycles. The number of rotatable bonds is 2. The summed E-state index contributed by atoms with van der Waals surface area (Å²) in [6.45, 7) is 0.230. The first-order valence-electron chi connectivity index (χ1n) is 7.80. The smallest absolute Gasteiger partial charge is 0.255 e. The molecule has 0 bridgehead atoms. The summed E-state index contributed by atoms with van der Waals surface area (Å²) >= 11 is 0. The summed E-state index contributed by atoms with van der Waals surface area (Å²) in [5, 5.41) is 17.6. The fourth-order valence-electron chi connectivity index (χ4n) is 3.38. The molecule has 1 amide bonds. The van der Waals surface area contributed by atoms with Gasteiger partial charge < -0.3 is 10.0 Å². The number of nitrogens with zero attached hydrogens (tertiary/aromatic N) is 2. The Balaban J connectivity index is 1.73. The van der Waals surface area contributed by atoms with Gasteiger partial charge in [0.25, 0.3) is 5.91 Å². The molecule has 0 saturated carbocycles. The van der Waals surface area contributed by atoms with Crippen molar-refractivity contribution in [2.75, 3.05) is 6.54 Å². The number of halogens is 1. The molecule has 122 valence electrons. The summed E-state index contributed by atoms with van der Waals surface area (Å²) in [6.07, 6.45) is 1.40. The van der Waals surface area contributed by atoms with E-state index in [2.05, 4.69) is 10.2 Å². The van der Waals surface area contributed by atoms with Gasteiger partial charge in [-0.05, 0) is 36.2 Å². The summed E-state index contributed by atoms with van der Waals surface area (Å²) in [5.41, 5.74) is 2.00. The second-order valence-corrected chi connectivity index (χ2v) is 6.05. The standard InChI is InChI=1S/C18H16FN3O2/c19-12-4-1-3-11(7-12)17-8-13(23)10-22(17)18(24)14-5-2-6-16-15(14)9-20-21-16/h1-7,9,13,17,23H,8,10H2,(H,20,21)/t13-,17+/m1/s1. The lowest BCUT2D eigenvalue weighted by molar-refractivity contribution is 0.0717. The van der Waals surface area contributed by atoms with Crippen LogP contribution in [0.3, 0.4) is 0 Å². The van der Waals surface area contributed by atoms with Crippen molar-refractivity contribution in [1.82, 2.24) is 15.1 Å². The van der Waals surface area contributed by atoms with Crippen LogP contribution < -0.4 is 0 Å². The van der Waals surface area contributed by atoms with Gasteiger partial charge in [-0.25, -0.2) is 4.39 Å². The lowest BCUT2D eigenvalue weighted by Crippen LogP contribution is -2.31. The second kappa shape index (κ2) is 5.72. The molecule has 5 nitrogen and oxygen atoms in total. The number of β-amino-alcohol motifs (C(OH)–C–C–N with tert-alkyl or cyclic N) is 1. The Labute approximate surface area is 137 Å². The number of aliphatic hydroxyl groups is 1. The van der Waals surface area contributed by atoms with E-state index in [1.54, 1.807) is 35.4 Å². The molecule has 4 rings (SSSR count). The van der Waals surface area contributed by atoms with Crippen LogP contribution in [0.4, 0.5) is 4.39 Å². The molecule has 2 aromatic carbocycles. The van der Waals surface area contributed by atoms with E-state index in [0.717, 1.165) is 10.9 Å². The highest BCUT2D eigenvalue weighted by Crippen LogP contribution is 2.34. The molecule has 0 unspecified atom stereocenters. The van der Waals surface area contributed by atoms with E-state index in [4.69, 9.17) is 0 Å². The van der Waals surface area contributed by atoms with Crippen LogP contribution in [0.1, 0.15) is 28.4 Å². The Morgan fingerprint density at radius 2 is 2.12 bits per heavy atom. The Kier molecular flexibility index (Phi) is 3.54. The molecule has 1 fully saturated rings. The van der Waals surface area contributed by atoms with Gasteiger partial charge in [0, 0.05) is 11.9 Å². The maximum Gasteiger partial charge on any atom is 0.255 e. The van der Waals surface area contributed by atoms with Crippen LogP contribution in [0.15, 0.2) is 48.7 Å². The third kappa shape index (κ3) is 2.45. The third-order valence-electron chi connectivity index (χ3n) is 4.49. The Morgan fingerprint density at radius 1 is 1.29 bits per heavy atom. The van der Waals surface area contributed by atoms with E-state index in [1.165, 1.54) is 12.1 Å². The molecule has 0 spiro atoms. The molecule has 1 saturated heterocycles. The van der Waals surface area contributed by atoms with Gasteiger partial charge in [0.2, 0.25) is 0 Å². The molecule has 1 aliphatic heterocycles. The summed E-state index contributed by atoms with van der Waals surface area (Å²) in [4.78, 5) is 14.7. The molecular formula is C18H16FN3O2. The first kappa shape index (κ1) is 14.8. The number of hydrogen-bond acceptors (Lipinski definition) is 3. The van der Waals surface area contributed by atoms with E-state index < -0.39 is 6.10 Å². The highest BCUT2D eigenvalue weighted by atomic mass is 19.1. The quantitative estimate of drug-likeness (QED) is 0.761. The van der Waals surface area contributed by atoms with Crippen LogP contribution in [-0.4, -0.2) is 38.8 Å². The Morgan fingerprint density at radius 3 is 2.96 bits per heavy atom. The fraction of sp³-hybridized carbons (Fsp3) is 0.222. The zero-order chi connectivity index (χ0) is 16.7. The molecule has 2 atom stereocenters. The minimum Gasteiger partial charge on any atom is -0.391 e. The van der Waals surface area contributed by atoms with Gasteiger partial charge in [-0.15, -0.1) is 0 Å². The van der Waals surface area contributed by atoms with Crippen LogP contribution in [0, 0.1) is 5.82 Å². The number of aromatic nitrogens is 2. The van der Waals surface area contributed by atoms with Crippen molar-refractivity contribution >= 4 is 16.8 Å². The SMILES string of the molecule is O=C(c1cccc2[nH]ncc12)N1C[C@H](O)C[C@H]1c1cccc(F)c1. The van der Waals surface area contributed by atoms with Gasteiger partial charge in [-0.2, -0.15) is 5.10 Å². The number of carbonyl (C=O) groups is 1. The normalized spacial score (nSPS) is 20.7. The number of aliphatic hydroxyl groups excluding tert-OH is 1. The molecule has 2 heterocycles. The van der Waals surface area contributed by atoms with Crippen molar-refractivity contribution in [3.63, 3.8) is 0 Å². The van der Waals surface area contributed by atoms with Gasteiger partial charge in [-0.1, -0.05) is 18.2 Å². The van der Waals surface area contributed by atoms with Gasteiger partial charge in [0.05, 0.1) is 29.4 Å². The molecule has 2 N–H and O–H groups in total. The van der Waals surface area contributed by atoms with Crippen LogP contribution in [-0.2, 0) is 0 Å². The van der Waals surface area contributed by atoms with E-state index >= 15 is 0 Å². The van der Waals surface area contributed by atoms with E-state index in [0.29, 0.717) is 17.5 Å². The molecule has 0 radical (unpaired) electrons. The number of fused-ring (bicyclic) bond motifs is 1. The predicted octanol–water partition coefficient (Wildman–Crippen LogP) is 2.65. The van der Waals surface area contributed by atoms with Crippen molar-refractivity contribution in [3.05, 3.63) is 65.6 Å². The monoisotopic (exact) mass is 325 g/mol. The van der Waals surface area contributed by atoms with Gasteiger partial charge >= 0.3 is 0 Å². The van der Waals surface area contributed by atoms with Crippen LogP contribution in [0.2, 0.25) is 0 Å². The first-order chi connectivity index (χ1) is 11.6. The van der Waals surface area contributed by atoms with Crippen LogP contribution in [0.25, 0.3) is 10.9 Å². The van der Waals surface area contributed by atoms with Crippen LogP contribution in [0.5, 0.6) is 0 Å². The average Bonchev–Trinajstić information content (AvgIpc) is 3.20. The van der Waals surface area contributed by atoms with E-state index in [-0.39, 0.29) is 24.3 Å². The molecular weight excluding hydrogens is 309 g/mol. The molecule has 24 heavy (non-hydrogen) atoms. The van der Waals surface area contributed by atoms with Crippen molar-refractivity contribution in [2.24, 2.45) is 0 Å². The minimum absolute atomic E-state index is 0.187. The summed E-state index contributed by atoms with van der Waals surface area (Å²) in [6, 6.07) is 11.2. The highest BCUT2D eigenvalue weighted by molar-refractivity contribution is 6.06. The second-order valence-electron chi connectivity index (χ2n) is 6.05. The molecule has 1 aliphatic rings. The van der Waals surface area contributed by atoms with Gasteiger partial charge in [-0.3, -0.25) is 9.89 Å². The maximum atomic E-state index is 13.6. The number of carbonyl (C=O) groups excluding carboxylic acids is 1. The lowest BCUT2D eigenvalue weighted by atomic mass is 10.0. The Hall–Kier alpha value is -2.73. The maximum absolute atomic E-state index is 13.6. The van der Waals surface area contributed by atoms with Crippen molar-refractivity contribution in [1.29, 1.82) is 0 Å². The number of H-pyrrole nitrogens is 1. The number of benzene rings is 2. The largest absolute Gasteiger partial charge is 0.391 e. The fourth-order valence-corrected chi connectivity index (χ4v) is 3.38. The number of nitrogens with one attached hydrogen (secondary N) is 1. The average molecular weight is 325 g/mol. The summed E-state index contributed by atoms with van der Waals surface area (Å²) in [5.74, 6) is -0.536. The molecule has 3 aromatic rings. The third-order valence-corrected chi connectivity index (χ3v) is 4.49.